The smallest absolute Gasteiger partial charge is 0.133 e. The molecule has 0 aliphatic carbocycles. The minimum Gasteiger partial charge on any atom is -0.378 e. The molecule has 4 rings (SSSR count). The van der Waals surface area contributed by atoms with Crippen LogP contribution in [0, 0.1) is 0 Å². The highest BCUT2D eigenvalue weighted by atomic mass is 32.1. The number of thiophene rings is 1. The lowest BCUT2D eigenvalue weighted by Crippen LogP contribution is -2.37. The second-order valence-corrected chi connectivity index (χ2v) is 7.35. The van der Waals surface area contributed by atoms with Crippen LogP contribution in [0.2, 0.25) is 0 Å². The predicted molar refractivity (Wildman–Crippen MR) is 108 cm³/mol. The van der Waals surface area contributed by atoms with E-state index in [1.54, 1.807) is 11.3 Å². The number of anilines is 1. The van der Waals surface area contributed by atoms with E-state index < -0.39 is 0 Å². The Morgan fingerprint density at radius 3 is 2.69 bits per heavy atom. The molecule has 1 N–H and O–H groups in total. The number of aromatic nitrogens is 1. The van der Waals surface area contributed by atoms with Gasteiger partial charge < -0.3 is 15.0 Å². The summed E-state index contributed by atoms with van der Waals surface area (Å²) in [5.74, 6) is 1.08. The van der Waals surface area contributed by atoms with E-state index in [0.717, 1.165) is 45.2 Å². The number of hydrogen-bond acceptors (Lipinski definition) is 5. The van der Waals surface area contributed by atoms with Gasteiger partial charge in [0.05, 0.1) is 13.2 Å². The maximum absolute atomic E-state index is 5.46. The van der Waals surface area contributed by atoms with Crippen molar-refractivity contribution in [1.29, 1.82) is 0 Å². The highest BCUT2D eigenvalue weighted by Crippen LogP contribution is 2.25. The molecule has 5 heteroatoms. The highest BCUT2D eigenvalue weighted by molar-refractivity contribution is 7.10. The van der Waals surface area contributed by atoms with Crippen LogP contribution in [0.4, 0.5) is 5.82 Å². The van der Waals surface area contributed by atoms with Crippen LogP contribution in [-0.2, 0) is 17.8 Å². The molecule has 3 aromatic rings. The van der Waals surface area contributed by atoms with E-state index in [1.165, 1.54) is 21.6 Å². The van der Waals surface area contributed by atoms with Gasteiger partial charge in [-0.15, -0.1) is 11.3 Å². The molecule has 1 fully saturated rings. The van der Waals surface area contributed by atoms with Crippen LogP contribution < -0.4 is 10.2 Å². The lowest BCUT2D eigenvalue weighted by molar-refractivity contribution is 0.122. The third-order valence-corrected chi connectivity index (χ3v) is 5.49. The molecule has 1 aromatic carbocycles. The van der Waals surface area contributed by atoms with Gasteiger partial charge in [-0.2, -0.15) is 0 Å². The zero-order valence-corrected chi connectivity index (χ0v) is 15.5. The molecule has 2 aromatic heterocycles. The summed E-state index contributed by atoms with van der Waals surface area (Å²) >= 11 is 1.81. The summed E-state index contributed by atoms with van der Waals surface area (Å²) in [4.78, 5) is 8.27. The van der Waals surface area contributed by atoms with Crippen LogP contribution in [0.3, 0.4) is 0 Å². The van der Waals surface area contributed by atoms with Crippen molar-refractivity contribution < 1.29 is 4.74 Å². The number of ether oxygens (including phenoxy) is 1. The number of pyridine rings is 1. The van der Waals surface area contributed by atoms with E-state index >= 15 is 0 Å². The predicted octanol–water partition coefficient (Wildman–Crippen LogP) is 3.94. The van der Waals surface area contributed by atoms with Crippen LogP contribution in [0.25, 0.3) is 11.1 Å². The second kappa shape index (κ2) is 8.45. The molecule has 134 valence electrons. The maximum atomic E-state index is 5.46. The first-order valence-electron chi connectivity index (χ1n) is 9.00. The van der Waals surface area contributed by atoms with Gasteiger partial charge in [0.2, 0.25) is 0 Å². The highest BCUT2D eigenvalue weighted by Gasteiger charge is 2.15. The Labute approximate surface area is 158 Å². The van der Waals surface area contributed by atoms with Crippen molar-refractivity contribution in [1.82, 2.24) is 10.3 Å². The second-order valence-electron chi connectivity index (χ2n) is 6.36. The number of benzene rings is 1. The number of nitrogens with zero attached hydrogens (tertiary/aromatic N) is 2. The molecule has 0 unspecified atom stereocenters. The molecular formula is C21H23N3OS. The Balaban J connectivity index is 1.37. The van der Waals surface area contributed by atoms with Crippen LogP contribution >= 0.6 is 11.3 Å². The number of nitrogens with one attached hydrogen (secondary N) is 1. The van der Waals surface area contributed by atoms with Gasteiger partial charge in [0, 0.05) is 42.8 Å². The number of morpholine rings is 1. The van der Waals surface area contributed by atoms with E-state index in [4.69, 9.17) is 4.74 Å². The Morgan fingerprint density at radius 1 is 1.00 bits per heavy atom. The fourth-order valence-electron chi connectivity index (χ4n) is 3.20. The molecule has 1 saturated heterocycles. The van der Waals surface area contributed by atoms with Gasteiger partial charge >= 0.3 is 0 Å². The average Bonchev–Trinajstić information content (AvgIpc) is 3.19. The summed E-state index contributed by atoms with van der Waals surface area (Å²) in [6, 6.07) is 17.0. The minimum atomic E-state index is 0.779. The van der Waals surface area contributed by atoms with Crippen molar-refractivity contribution >= 4 is 17.2 Å². The fraction of sp³-hybridized carbons (Fsp3) is 0.286. The molecule has 26 heavy (non-hydrogen) atoms. The molecular weight excluding hydrogens is 342 g/mol. The number of rotatable bonds is 6. The quantitative estimate of drug-likeness (QED) is 0.718. The van der Waals surface area contributed by atoms with Crippen molar-refractivity contribution in [2.24, 2.45) is 0 Å². The zero-order chi connectivity index (χ0) is 17.6. The van der Waals surface area contributed by atoms with Gasteiger partial charge in [0.1, 0.15) is 5.82 Å². The Bertz CT molecular complexity index is 828. The molecule has 4 nitrogen and oxygen atoms in total. The van der Waals surface area contributed by atoms with Crippen LogP contribution in [0.15, 0.2) is 60.1 Å². The van der Waals surface area contributed by atoms with Gasteiger partial charge in [0.15, 0.2) is 0 Å². The number of hydrogen-bond donors (Lipinski definition) is 1. The molecule has 0 amide bonds. The molecule has 0 radical (unpaired) electrons. The first-order chi connectivity index (χ1) is 12.9. The summed E-state index contributed by atoms with van der Waals surface area (Å²) in [7, 11) is 0. The SMILES string of the molecule is c1ccc(-c2csc(CNCc3cccnc3N3CCOCC3)c2)cc1. The molecule has 3 heterocycles. The molecule has 0 atom stereocenters. The summed E-state index contributed by atoms with van der Waals surface area (Å²) in [6.07, 6.45) is 1.87. The van der Waals surface area contributed by atoms with Crippen molar-refractivity contribution in [2.45, 2.75) is 13.1 Å². The lowest BCUT2D eigenvalue weighted by atomic mass is 10.1. The third kappa shape index (κ3) is 4.12. The zero-order valence-electron chi connectivity index (χ0n) is 14.7. The topological polar surface area (TPSA) is 37.4 Å². The molecule has 1 aliphatic rings. The first kappa shape index (κ1) is 17.2. The van der Waals surface area contributed by atoms with E-state index in [2.05, 4.69) is 63.0 Å². The lowest BCUT2D eigenvalue weighted by Gasteiger charge is -2.29. The van der Waals surface area contributed by atoms with Crippen molar-refractivity contribution in [2.75, 3.05) is 31.2 Å². The summed E-state index contributed by atoms with van der Waals surface area (Å²) in [5, 5.41) is 5.81. The van der Waals surface area contributed by atoms with E-state index in [0.29, 0.717) is 0 Å². The van der Waals surface area contributed by atoms with Crippen LogP contribution in [0.1, 0.15) is 10.4 Å². The standard InChI is InChI=1S/C21H23N3OS/c1-2-5-17(6-3-1)19-13-20(26-16-19)15-22-14-18-7-4-8-23-21(18)24-9-11-25-12-10-24/h1-8,13,16,22H,9-12,14-15H2. The molecule has 1 aliphatic heterocycles. The van der Waals surface area contributed by atoms with Gasteiger partial charge in [-0.3, -0.25) is 0 Å². The van der Waals surface area contributed by atoms with Crippen molar-refractivity contribution in [3.63, 3.8) is 0 Å². The monoisotopic (exact) mass is 365 g/mol. The molecule has 0 saturated carbocycles. The van der Waals surface area contributed by atoms with Crippen LogP contribution in [0.5, 0.6) is 0 Å². The molecule has 0 spiro atoms. The summed E-state index contributed by atoms with van der Waals surface area (Å²) in [5.41, 5.74) is 3.81. The normalized spacial score (nSPS) is 14.5. The van der Waals surface area contributed by atoms with Gasteiger partial charge in [-0.1, -0.05) is 36.4 Å². The van der Waals surface area contributed by atoms with E-state index in [1.807, 2.05) is 12.3 Å². The summed E-state index contributed by atoms with van der Waals surface area (Å²) in [6.45, 7) is 5.07. The van der Waals surface area contributed by atoms with Crippen molar-refractivity contribution in [3.05, 3.63) is 70.5 Å². The van der Waals surface area contributed by atoms with Crippen LogP contribution in [-0.4, -0.2) is 31.3 Å². The van der Waals surface area contributed by atoms with Crippen molar-refractivity contribution in [3.8, 4) is 11.1 Å². The third-order valence-electron chi connectivity index (χ3n) is 4.55. The Morgan fingerprint density at radius 2 is 1.85 bits per heavy atom. The Hall–Kier alpha value is -2.21. The average molecular weight is 366 g/mol. The first-order valence-corrected chi connectivity index (χ1v) is 9.88. The van der Waals surface area contributed by atoms with Gasteiger partial charge in [-0.25, -0.2) is 4.98 Å². The van der Waals surface area contributed by atoms with Gasteiger partial charge in [0.25, 0.3) is 0 Å². The largest absolute Gasteiger partial charge is 0.378 e. The fourth-order valence-corrected chi connectivity index (χ4v) is 4.07. The summed E-state index contributed by atoms with van der Waals surface area (Å²) < 4.78 is 5.46. The molecule has 0 bridgehead atoms. The maximum Gasteiger partial charge on any atom is 0.133 e. The van der Waals surface area contributed by atoms with E-state index in [-0.39, 0.29) is 0 Å². The van der Waals surface area contributed by atoms with Gasteiger partial charge in [-0.05, 0) is 28.6 Å². The van der Waals surface area contributed by atoms with E-state index in [9.17, 15) is 0 Å². The minimum absolute atomic E-state index is 0.779. The Kier molecular flexibility index (Phi) is 5.59.